The molecule has 0 amide bonds. The average Bonchev–Trinajstić information content (AvgIpc) is 3.31. The monoisotopic (exact) mass is 501 g/mol. The second kappa shape index (κ2) is 9.65. The Labute approximate surface area is 200 Å². The largest absolute Gasteiger partial charge is 0.478 e. The molecule has 4 aromatic rings. The van der Waals surface area contributed by atoms with Crippen molar-refractivity contribution in [1.82, 2.24) is 9.55 Å². The molecule has 0 atom stereocenters. The van der Waals surface area contributed by atoms with Crippen LogP contribution in [-0.4, -0.2) is 16.2 Å². The van der Waals surface area contributed by atoms with Crippen molar-refractivity contribution in [2.75, 3.05) is 6.61 Å². The summed E-state index contributed by atoms with van der Waals surface area (Å²) in [5.74, 6) is -1.64. The average molecular weight is 501 g/mol. The van der Waals surface area contributed by atoms with E-state index in [0.717, 1.165) is 16.7 Å². The number of nitriles is 1. The first kappa shape index (κ1) is 24.7. The zero-order chi connectivity index (χ0) is 26.0. The normalized spacial score (nSPS) is 11.4. The van der Waals surface area contributed by atoms with Gasteiger partial charge in [0.15, 0.2) is 5.76 Å². The SMILES string of the molecule is CCOc1ccc(-c2coc(-c3cc(C(F)(F)F)c(C#N)c(=O)n3Cc3ccc(F)cc3F)c2)cn1. The lowest BCUT2D eigenvalue weighted by molar-refractivity contribution is -0.137. The van der Waals surface area contributed by atoms with Crippen LogP contribution in [0.3, 0.4) is 0 Å². The highest BCUT2D eigenvalue weighted by Gasteiger charge is 2.37. The molecule has 3 aromatic heterocycles. The van der Waals surface area contributed by atoms with E-state index in [2.05, 4.69) is 4.98 Å². The summed E-state index contributed by atoms with van der Waals surface area (Å²) in [5.41, 5.74) is -3.45. The van der Waals surface area contributed by atoms with Crippen LogP contribution in [0.4, 0.5) is 22.0 Å². The van der Waals surface area contributed by atoms with Crippen molar-refractivity contribution >= 4 is 0 Å². The van der Waals surface area contributed by atoms with Crippen LogP contribution in [0.15, 0.2) is 64.1 Å². The number of ether oxygens (including phenoxy) is 1. The number of halogens is 5. The summed E-state index contributed by atoms with van der Waals surface area (Å²) in [4.78, 5) is 17.1. The van der Waals surface area contributed by atoms with Crippen molar-refractivity contribution in [1.29, 1.82) is 5.26 Å². The summed E-state index contributed by atoms with van der Waals surface area (Å²) in [6.45, 7) is 1.63. The number of pyridine rings is 2. The highest BCUT2D eigenvalue weighted by molar-refractivity contribution is 5.69. The summed E-state index contributed by atoms with van der Waals surface area (Å²) < 4.78 is 80.3. The molecule has 3 heterocycles. The minimum atomic E-state index is -5.02. The highest BCUT2D eigenvalue weighted by Crippen LogP contribution is 2.35. The van der Waals surface area contributed by atoms with Crippen LogP contribution in [0, 0.1) is 23.0 Å². The predicted octanol–water partition coefficient (Wildman–Crippen LogP) is 5.79. The molecule has 184 valence electrons. The third kappa shape index (κ3) is 4.84. The van der Waals surface area contributed by atoms with Crippen molar-refractivity contribution < 1.29 is 31.1 Å². The molecule has 4 rings (SSSR count). The van der Waals surface area contributed by atoms with Gasteiger partial charge in [0.2, 0.25) is 5.88 Å². The van der Waals surface area contributed by atoms with Gasteiger partial charge in [0.1, 0.15) is 23.3 Å². The van der Waals surface area contributed by atoms with Crippen LogP contribution in [0.1, 0.15) is 23.6 Å². The summed E-state index contributed by atoms with van der Waals surface area (Å²) in [6.07, 6.45) is -2.29. The minimum absolute atomic E-state index is 0.145. The second-order valence-electron chi connectivity index (χ2n) is 7.57. The first-order valence-electron chi connectivity index (χ1n) is 10.5. The van der Waals surface area contributed by atoms with E-state index in [1.807, 2.05) is 0 Å². The number of nitrogens with zero attached hydrogens (tertiary/aromatic N) is 3. The highest BCUT2D eigenvalue weighted by atomic mass is 19.4. The molecular formula is C25H16F5N3O3. The molecule has 0 bridgehead atoms. The van der Waals surface area contributed by atoms with E-state index in [1.54, 1.807) is 19.1 Å². The molecule has 11 heteroatoms. The van der Waals surface area contributed by atoms with E-state index in [0.29, 0.717) is 35.7 Å². The lowest BCUT2D eigenvalue weighted by Gasteiger charge is -2.16. The van der Waals surface area contributed by atoms with Gasteiger partial charge in [-0.3, -0.25) is 9.36 Å². The van der Waals surface area contributed by atoms with E-state index < -0.39 is 41.0 Å². The molecule has 0 N–H and O–H groups in total. The molecule has 0 aliphatic heterocycles. The molecule has 0 aliphatic rings. The van der Waals surface area contributed by atoms with E-state index in [-0.39, 0.29) is 17.0 Å². The minimum Gasteiger partial charge on any atom is -0.478 e. The topological polar surface area (TPSA) is 81.0 Å². The fourth-order valence-corrected chi connectivity index (χ4v) is 3.57. The molecule has 1 aromatic carbocycles. The maximum absolute atomic E-state index is 14.3. The van der Waals surface area contributed by atoms with Gasteiger partial charge in [0, 0.05) is 35.0 Å². The maximum Gasteiger partial charge on any atom is 0.417 e. The quantitative estimate of drug-likeness (QED) is 0.313. The van der Waals surface area contributed by atoms with Crippen LogP contribution in [0.25, 0.3) is 22.6 Å². The Morgan fingerprint density at radius 2 is 1.89 bits per heavy atom. The zero-order valence-electron chi connectivity index (χ0n) is 18.6. The number of rotatable bonds is 6. The Morgan fingerprint density at radius 1 is 1.11 bits per heavy atom. The Kier molecular flexibility index (Phi) is 6.61. The third-order valence-electron chi connectivity index (χ3n) is 5.27. The van der Waals surface area contributed by atoms with Crippen LogP contribution >= 0.6 is 0 Å². The molecule has 0 unspecified atom stereocenters. The number of alkyl halides is 3. The molecule has 0 fully saturated rings. The molecule has 0 radical (unpaired) electrons. The summed E-state index contributed by atoms with van der Waals surface area (Å²) in [5, 5.41) is 9.29. The third-order valence-corrected chi connectivity index (χ3v) is 5.27. The molecule has 0 saturated heterocycles. The predicted molar refractivity (Wildman–Crippen MR) is 118 cm³/mol. The van der Waals surface area contributed by atoms with Gasteiger partial charge in [-0.1, -0.05) is 6.07 Å². The number of aromatic nitrogens is 2. The van der Waals surface area contributed by atoms with Gasteiger partial charge in [0.05, 0.1) is 30.7 Å². The molecule has 0 spiro atoms. The van der Waals surface area contributed by atoms with Crippen molar-refractivity contribution in [3.8, 4) is 34.5 Å². The Bertz CT molecular complexity index is 1520. The van der Waals surface area contributed by atoms with E-state index >= 15 is 0 Å². The van der Waals surface area contributed by atoms with E-state index in [9.17, 15) is 32.0 Å². The number of benzene rings is 1. The van der Waals surface area contributed by atoms with Gasteiger partial charge < -0.3 is 9.15 Å². The lowest BCUT2D eigenvalue weighted by Crippen LogP contribution is -2.29. The fraction of sp³-hybridized carbons (Fsp3) is 0.160. The molecule has 6 nitrogen and oxygen atoms in total. The van der Waals surface area contributed by atoms with Crippen molar-refractivity contribution in [2.45, 2.75) is 19.6 Å². The Hall–Kier alpha value is -4.46. The summed E-state index contributed by atoms with van der Waals surface area (Å²) in [7, 11) is 0. The lowest BCUT2D eigenvalue weighted by atomic mass is 10.1. The van der Waals surface area contributed by atoms with E-state index in [1.165, 1.54) is 24.6 Å². The second-order valence-corrected chi connectivity index (χ2v) is 7.57. The molecule has 0 saturated carbocycles. The van der Waals surface area contributed by atoms with E-state index in [4.69, 9.17) is 9.15 Å². The van der Waals surface area contributed by atoms with Gasteiger partial charge in [-0.2, -0.15) is 18.4 Å². The van der Waals surface area contributed by atoms with Gasteiger partial charge in [0.25, 0.3) is 5.56 Å². The van der Waals surface area contributed by atoms with Crippen LogP contribution in [0.5, 0.6) is 5.88 Å². The first-order chi connectivity index (χ1) is 17.1. The number of furan rings is 1. The maximum atomic E-state index is 14.3. The number of hydrogen-bond donors (Lipinski definition) is 0. The zero-order valence-corrected chi connectivity index (χ0v) is 18.6. The van der Waals surface area contributed by atoms with Gasteiger partial charge in [-0.25, -0.2) is 13.8 Å². The van der Waals surface area contributed by atoms with Crippen molar-refractivity contribution in [3.63, 3.8) is 0 Å². The van der Waals surface area contributed by atoms with Crippen LogP contribution in [-0.2, 0) is 12.7 Å². The Balaban J connectivity index is 1.87. The summed E-state index contributed by atoms with van der Waals surface area (Å²) in [6, 6.07) is 9.12. The molecule has 36 heavy (non-hydrogen) atoms. The summed E-state index contributed by atoms with van der Waals surface area (Å²) >= 11 is 0. The Morgan fingerprint density at radius 3 is 2.50 bits per heavy atom. The van der Waals surface area contributed by atoms with Gasteiger partial charge >= 0.3 is 6.18 Å². The van der Waals surface area contributed by atoms with Crippen LogP contribution < -0.4 is 10.3 Å². The van der Waals surface area contributed by atoms with Gasteiger partial charge in [-0.15, -0.1) is 0 Å². The fourth-order valence-electron chi connectivity index (χ4n) is 3.57. The smallest absolute Gasteiger partial charge is 0.417 e. The van der Waals surface area contributed by atoms with Gasteiger partial charge in [-0.05, 0) is 31.2 Å². The van der Waals surface area contributed by atoms with Crippen molar-refractivity contribution in [3.05, 3.63) is 93.6 Å². The number of hydrogen-bond acceptors (Lipinski definition) is 5. The van der Waals surface area contributed by atoms with Crippen LogP contribution in [0.2, 0.25) is 0 Å². The standard InChI is InChI=1S/C25H16F5N3O3/c1-2-35-23-6-4-14(11-32-23)16-7-22(36-13-16)21-9-19(25(28,29)30)18(10-31)24(34)33(21)12-15-3-5-17(26)8-20(15)27/h3-9,11,13H,2,12H2,1H3. The first-order valence-corrected chi connectivity index (χ1v) is 10.5. The molecular weight excluding hydrogens is 485 g/mol. The van der Waals surface area contributed by atoms with Crippen molar-refractivity contribution in [2.24, 2.45) is 0 Å². The molecule has 0 aliphatic carbocycles.